The molecule has 3 heterocycles. The van der Waals surface area contributed by atoms with Crippen LogP contribution in [0.15, 0.2) is 83.4 Å². The number of likely N-dealkylation sites (tertiary alicyclic amines) is 2. The van der Waals surface area contributed by atoms with E-state index in [2.05, 4.69) is 34.9 Å². The first-order valence-corrected chi connectivity index (χ1v) is 17.6. The van der Waals surface area contributed by atoms with Crippen LogP contribution in [0.2, 0.25) is 0 Å². The molecule has 2 unspecified atom stereocenters. The molecule has 2 fully saturated rings. The van der Waals surface area contributed by atoms with Gasteiger partial charge in [0.1, 0.15) is 12.2 Å². The summed E-state index contributed by atoms with van der Waals surface area (Å²) in [5, 5.41) is 4.34. The third-order valence-electron chi connectivity index (χ3n) is 9.74. The van der Waals surface area contributed by atoms with Crippen molar-refractivity contribution in [2.24, 2.45) is 0 Å². The molecule has 3 aromatic carbocycles. The molecule has 7 rings (SSSR count). The normalized spacial score (nSPS) is 19.6. The topological polar surface area (TPSA) is 119 Å². The Hall–Kier alpha value is -4.74. The molecule has 11 heteroatoms. The second-order valence-corrected chi connectivity index (χ2v) is 14.4. The number of amides is 2. The van der Waals surface area contributed by atoms with Crippen molar-refractivity contribution in [1.82, 2.24) is 25.4 Å². The smallest absolute Gasteiger partial charge is 0.410 e. The molecule has 0 bridgehead atoms. The SMILES string of the molecule is CC(C)(C)OC(=O)N1CC(NOCc2ccccc2)CCC1c1noc(C2CCN(C(=O)OCC3c4ccccc4-c4ccccc43)CC2)n1. The Kier molecular flexibility index (Phi) is 9.87. The van der Waals surface area contributed by atoms with Crippen LogP contribution in [0.25, 0.3) is 11.1 Å². The quantitative estimate of drug-likeness (QED) is 0.191. The van der Waals surface area contributed by atoms with Crippen LogP contribution in [0, 0.1) is 0 Å². The molecule has 2 amide bonds. The fourth-order valence-corrected chi connectivity index (χ4v) is 7.22. The molecule has 262 valence electrons. The van der Waals surface area contributed by atoms with Gasteiger partial charge in [0.05, 0.1) is 18.7 Å². The maximum atomic E-state index is 13.4. The predicted molar refractivity (Wildman–Crippen MR) is 186 cm³/mol. The number of nitrogens with one attached hydrogen (secondary N) is 1. The summed E-state index contributed by atoms with van der Waals surface area (Å²) in [6, 6.07) is 26.1. The molecule has 1 aliphatic carbocycles. The third-order valence-corrected chi connectivity index (χ3v) is 9.74. The summed E-state index contributed by atoms with van der Waals surface area (Å²) in [4.78, 5) is 40.6. The van der Waals surface area contributed by atoms with Gasteiger partial charge in [-0.05, 0) is 74.3 Å². The molecule has 1 aromatic heterocycles. The summed E-state index contributed by atoms with van der Waals surface area (Å²) < 4.78 is 17.5. The van der Waals surface area contributed by atoms with Crippen molar-refractivity contribution < 1.29 is 28.4 Å². The molecule has 3 aliphatic rings. The average molecular weight is 680 g/mol. The molecule has 50 heavy (non-hydrogen) atoms. The van der Waals surface area contributed by atoms with Crippen molar-refractivity contribution in [3.05, 3.63) is 107 Å². The lowest BCUT2D eigenvalue weighted by molar-refractivity contribution is -0.0346. The molecular weight excluding hydrogens is 634 g/mol. The number of hydrogen-bond acceptors (Lipinski definition) is 9. The number of piperidine rings is 2. The van der Waals surface area contributed by atoms with E-state index in [9.17, 15) is 9.59 Å². The van der Waals surface area contributed by atoms with Gasteiger partial charge in [0.15, 0.2) is 5.82 Å². The fraction of sp³-hybridized carbons (Fsp3) is 0.436. The number of rotatable bonds is 8. The summed E-state index contributed by atoms with van der Waals surface area (Å²) in [5.74, 6) is 1.03. The van der Waals surface area contributed by atoms with Crippen LogP contribution in [-0.4, -0.2) is 70.0 Å². The fourth-order valence-electron chi connectivity index (χ4n) is 7.22. The number of fused-ring (bicyclic) bond motifs is 3. The lowest BCUT2D eigenvalue weighted by Gasteiger charge is -2.38. The largest absolute Gasteiger partial charge is 0.448 e. The highest BCUT2D eigenvalue weighted by Crippen LogP contribution is 2.44. The van der Waals surface area contributed by atoms with Crippen LogP contribution in [0.1, 0.15) is 92.7 Å². The van der Waals surface area contributed by atoms with Gasteiger partial charge in [0.25, 0.3) is 0 Å². The number of hydrogen-bond donors (Lipinski definition) is 1. The third kappa shape index (κ3) is 7.53. The zero-order chi connectivity index (χ0) is 34.7. The van der Waals surface area contributed by atoms with Crippen LogP contribution in [0.4, 0.5) is 9.59 Å². The molecule has 11 nitrogen and oxygen atoms in total. The van der Waals surface area contributed by atoms with Gasteiger partial charge in [0.2, 0.25) is 5.89 Å². The van der Waals surface area contributed by atoms with Crippen molar-refractivity contribution >= 4 is 12.2 Å². The maximum Gasteiger partial charge on any atom is 0.410 e. The molecular formula is C39H45N5O6. The highest BCUT2D eigenvalue weighted by atomic mass is 16.6. The first-order chi connectivity index (χ1) is 24.2. The zero-order valence-corrected chi connectivity index (χ0v) is 28.9. The predicted octanol–water partition coefficient (Wildman–Crippen LogP) is 7.36. The van der Waals surface area contributed by atoms with Crippen LogP contribution >= 0.6 is 0 Å². The Morgan fingerprint density at radius 1 is 0.860 bits per heavy atom. The summed E-state index contributed by atoms with van der Waals surface area (Å²) in [6.45, 7) is 7.70. The van der Waals surface area contributed by atoms with Gasteiger partial charge in [-0.3, -0.25) is 9.74 Å². The second kappa shape index (κ2) is 14.6. The summed E-state index contributed by atoms with van der Waals surface area (Å²) in [6.07, 6.45) is 1.99. The zero-order valence-electron chi connectivity index (χ0n) is 28.9. The molecule has 4 aromatic rings. The number of nitrogens with zero attached hydrogens (tertiary/aromatic N) is 4. The first-order valence-electron chi connectivity index (χ1n) is 17.6. The molecule has 2 aliphatic heterocycles. The highest BCUT2D eigenvalue weighted by molar-refractivity contribution is 5.79. The summed E-state index contributed by atoms with van der Waals surface area (Å²) in [5.41, 5.74) is 8.33. The standard InChI is InChI=1S/C39H45N5O6/c1-39(2,3)49-38(46)44-23-28(41-48-24-26-11-5-4-6-12-26)17-18-34(44)35-40-36(50-42-35)27-19-21-43(22-20-27)37(45)47-25-33-31-15-9-7-13-29(31)30-14-8-10-16-32(30)33/h4-16,27-28,33-34,41H,17-25H2,1-3H3. The van der Waals surface area contributed by atoms with Gasteiger partial charge in [-0.1, -0.05) is 84.0 Å². The van der Waals surface area contributed by atoms with Crippen molar-refractivity contribution in [3.63, 3.8) is 0 Å². The van der Waals surface area contributed by atoms with Gasteiger partial charge in [0, 0.05) is 31.5 Å². The minimum absolute atomic E-state index is 0.00764. The van der Waals surface area contributed by atoms with E-state index in [-0.39, 0.29) is 24.0 Å². The number of hydroxylamine groups is 1. The van der Waals surface area contributed by atoms with Crippen LogP contribution in [0.3, 0.4) is 0 Å². The summed E-state index contributed by atoms with van der Waals surface area (Å²) in [7, 11) is 0. The Balaban J connectivity index is 0.941. The molecule has 0 radical (unpaired) electrons. The van der Waals surface area contributed by atoms with E-state index in [1.54, 1.807) is 9.80 Å². The van der Waals surface area contributed by atoms with Crippen molar-refractivity contribution in [2.45, 2.75) is 82.6 Å². The average Bonchev–Trinajstić information content (AvgIpc) is 3.74. The second-order valence-electron chi connectivity index (χ2n) is 14.4. The first kappa shape index (κ1) is 33.7. The minimum atomic E-state index is -0.657. The van der Waals surface area contributed by atoms with Crippen LogP contribution < -0.4 is 5.48 Å². The maximum absolute atomic E-state index is 13.4. The summed E-state index contributed by atoms with van der Waals surface area (Å²) >= 11 is 0. The van der Waals surface area contributed by atoms with E-state index in [0.717, 1.165) is 12.0 Å². The lowest BCUT2D eigenvalue weighted by Crippen LogP contribution is -2.50. The Labute approximate surface area is 292 Å². The number of aromatic nitrogens is 2. The van der Waals surface area contributed by atoms with Gasteiger partial charge in [-0.15, -0.1) is 0 Å². The lowest BCUT2D eigenvalue weighted by atomic mass is 9.96. The number of ether oxygens (including phenoxy) is 2. The Bertz CT molecular complexity index is 1740. The van der Waals surface area contributed by atoms with E-state index >= 15 is 0 Å². The van der Waals surface area contributed by atoms with Crippen molar-refractivity contribution in [2.75, 3.05) is 26.2 Å². The number of benzene rings is 3. The monoisotopic (exact) mass is 679 g/mol. The van der Waals surface area contributed by atoms with Crippen molar-refractivity contribution in [3.8, 4) is 11.1 Å². The molecule has 2 atom stereocenters. The molecule has 1 N–H and O–H groups in total. The van der Waals surface area contributed by atoms with E-state index in [0.29, 0.717) is 63.8 Å². The van der Waals surface area contributed by atoms with Gasteiger partial charge in [-0.25, -0.2) is 9.59 Å². The minimum Gasteiger partial charge on any atom is -0.448 e. The van der Waals surface area contributed by atoms with Crippen LogP contribution in [-0.2, 0) is 20.9 Å². The van der Waals surface area contributed by atoms with E-state index in [1.165, 1.54) is 22.3 Å². The van der Waals surface area contributed by atoms with Crippen LogP contribution in [0.5, 0.6) is 0 Å². The van der Waals surface area contributed by atoms with E-state index in [4.69, 9.17) is 23.8 Å². The van der Waals surface area contributed by atoms with E-state index < -0.39 is 17.7 Å². The number of carbonyl (C=O) groups is 2. The van der Waals surface area contributed by atoms with E-state index in [1.807, 2.05) is 75.4 Å². The number of carbonyl (C=O) groups excluding carboxylic acids is 2. The molecule has 2 saturated heterocycles. The van der Waals surface area contributed by atoms with Gasteiger partial charge in [-0.2, -0.15) is 10.5 Å². The van der Waals surface area contributed by atoms with Gasteiger partial charge >= 0.3 is 12.2 Å². The van der Waals surface area contributed by atoms with Gasteiger partial charge < -0.3 is 18.9 Å². The molecule has 0 saturated carbocycles. The Morgan fingerprint density at radius 3 is 2.20 bits per heavy atom. The van der Waals surface area contributed by atoms with Crippen molar-refractivity contribution in [1.29, 1.82) is 0 Å². The Morgan fingerprint density at radius 2 is 1.52 bits per heavy atom. The highest BCUT2D eigenvalue weighted by Gasteiger charge is 2.39. The molecule has 0 spiro atoms.